The molecule has 0 atom stereocenters. The maximum absolute atomic E-state index is 12.5. The van der Waals surface area contributed by atoms with Crippen molar-refractivity contribution in [2.24, 2.45) is 5.10 Å². The van der Waals surface area contributed by atoms with Gasteiger partial charge in [0.05, 0.1) is 27.5 Å². The number of nitrogens with zero attached hydrogens (tertiary/aromatic N) is 1. The molecule has 0 aliphatic heterocycles. The van der Waals surface area contributed by atoms with E-state index in [0.717, 1.165) is 4.47 Å². The first-order valence-electron chi connectivity index (χ1n) is 8.39. The molecule has 146 valence electrons. The summed E-state index contributed by atoms with van der Waals surface area (Å²) in [6.07, 6.45) is 1.40. The van der Waals surface area contributed by atoms with E-state index in [2.05, 4.69) is 31.8 Å². The molecule has 0 heterocycles. The molecule has 0 fully saturated rings. The lowest BCUT2D eigenvalue weighted by Crippen LogP contribution is -2.21. The number of rotatable bonds is 5. The number of nitrogens with one attached hydrogen (secondary N) is 2. The molecular formula is C21H14BrCl2N3O2. The first-order chi connectivity index (χ1) is 14.0. The smallest absolute Gasteiger partial charge is 0.273 e. The molecule has 0 unspecified atom stereocenters. The van der Waals surface area contributed by atoms with E-state index in [-0.39, 0.29) is 11.5 Å². The van der Waals surface area contributed by atoms with E-state index < -0.39 is 5.91 Å². The van der Waals surface area contributed by atoms with Crippen molar-refractivity contribution in [1.82, 2.24) is 5.43 Å². The second kappa shape index (κ2) is 9.69. The van der Waals surface area contributed by atoms with Gasteiger partial charge in [0.1, 0.15) is 0 Å². The minimum atomic E-state index is -0.482. The van der Waals surface area contributed by atoms with Crippen LogP contribution < -0.4 is 10.7 Å². The van der Waals surface area contributed by atoms with Crippen LogP contribution in [0.15, 0.2) is 76.3 Å². The second-order valence-electron chi connectivity index (χ2n) is 5.85. The number of benzene rings is 3. The molecule has 2 amide bonds. The zero-order valence-corrected chi connectivity index (χ0v) is 17.9. The van der Waals surface area contributed by atoms with Crippen molar-refractivity contribution in [3.8, 4) is 0 Å². The Hall–Kier alpha value is -2.67. The Kier molecular flexibility index (Phi) is 7.04. The zero-order chi connectivity index (χ0) is 20.8. The van der Waals surface area contributed by atoms with Crippen LogP contribution >= 0.6 is 39.1 Å². The van der Waals surface area contributed by atoms with E-state index >= 15 is 0 Å². The van der Waals surface area contributed by atoms with Crippen LogP contribution in [-0.2, 0) is 0 Å². The van der Waals surface area contributed by atoms with Gasteiger partial charge in [-0.3, -0.25) is 9.59 Å². The maximum Gasteiger partial charge on any atom is 0.273 e. The van der Waals surface area contributed by atoms with Gasteiger partial charge < -0.3 is 5.32 Å². The highest BCUT2D eigenvalue weighted by Gasteiger charge is 2.14. The molecule has 0 aromatic heterocycles. The van der Waals surface area contributed by atoms with Crippen molar-refractivity contribution < 1.29 is 9.59 Å². The first-order valence-corrected chi connectivity index (χ1v) is 9.94. The van der Waals surface area contributed by atoms with E-state index in [0.29, 0.717) is 26.9 Å². The molecule has 0 radical (unpaired) electrons. The summed E-state index contributed by atoms with van der Waals surface area (Å²) in [7, 11) is 0. The van der Waals surface area contributed by atoms with Crippen LogP contribution in [0.1, 0.15) is 26.3 Å². The number of hydrazone groups is 1. The van der Waals surface area contributed by atoms with E-state index in [1.54, 1.807) is 60.7 Å². The molecular weight excluding hydrogens is 477 g/mol. The third-order valence-electron chi connectivity index (χ3n) is 3.86. The van der Waals surface area contributed by atoms with Gasteiger partial charge in [0.15, 0.2) is 0 Å². The van der Waals surface area contributed by atoms with Crippen LogP contribution in [0.25, 0.3) is 0 Å². The van der Waals surface area contributed by atoms with Gasteiger partial charge in [0.2, 0.25) is 0 Å². The molecule has 2 N–H and O–H groups in total. The van der Waals surface area contributed by atoms with Gasteiger partial charge in [0.25, 0.3) is 11.8 Å². The highest BCUT2D eigenvalue weighted by molar-refractivity contribution is 9.10. The highest BCUT2D eigenvalue weighted by Crippen LogP contribution is 2.24. The summed E-state index contributed by atoms with van der Waals surface area (Å²) in [4.78, 5) is 25.0. The molecule has 0 aliphatic carbocycles. The Bertz CT molecular complexity index is 1100. The van der Waals surface area contributed by atoms with Crippen LogP contribution in [0.5, 0.6) is 0 Å². The minimum absolute atomic E-state index is 0.269. The molecule has 0 saturated heterocycles. The molecule has 0 spiro atoms. The van der Waals surface area contributed by atoms with Crippen LogP contribution in [0.4, 0.5) is 5.69 Å². The van der Waals surface area contributed by atoms with E-state index in [9.17, 15) is 9.59 Å². The van der Waals surface area contributed by atoms with E-state index in [1.807, 2.05) is 6.07 Å². The largest absolute Gasteiger partial charge is 0.321 e. The molecule has 0 saturated carbocycles. The van der Waals surface area contributed by atoms with Crippen LogP contribution in [0.3, 0.4) is 0 Å². The summed E-state index contributed by atoms with van der Waals surface area (Å²) in [6, 6.07) is 18.7. The van der Waals surface area contributed by atoms with Crippen molar-refractivity contribution >= 4 is 62.8 Å². The van der Waals surface area contributed by atoms with Crippen LogP contribution in [0.2, 0.25) is 10.0 Å². The number of amides is 2. The van der Waals surface area contributed by atoms with Gasteiger partial charge in [-0.1, -0.05) is 69.5 Å². The number of hydrogen-bond acceptors (Lipinski definition) is 3. The van der Waals surface area contributed by atoms with Crippen molar-refractivity contribution in [2.75, 3.05) is 5.32 Å². The van der Waals surface area contributed by atoms with Gasteiger partial charge in [-0.15, -0.1) is 0 Å². The van der Waals surface area contributed by atoms with Crippen LogP contribution in [-0.4, -0.2) is 18.0 Å². The van der Waals surface area contributed by atoms with Crippen LogP contribution in [0, 0.1) is 0 Å². The lowest BCUT2D eigenvalue weighted by molar-refractivity contribution is 0.0956. The SMILES string of the molecule is O=C(Nc1ccccc1C(=O)NN=Cc1cccc(Cl)c1Cl)c1cccc(Br)c1. The summed E-state index contributed by atoms with van der Waals surface area (Å²) in [5.41, 5.74) is 4.09. The first kappa shape index (κ1) is 21.0. The molecule has 8 heteroatoms. The predicted molar refractivity (Wildman–Crippen MR) is 120 cm³/mol. The molecule has 3 aromatic rings. The number of para-hydroxylation sites is 1. The quantitative estimate of drug-likeness (QED) is 0.352. The highest BCUT2D eigenvalue weighted by atomic mass is 79.9. The summed E-state index contributed by atoms with van der Waals surface area (Å²) in [6.45, 7) is 0. The number of carbonyl (C=O) groups is 2. The summed E-state index contributed by atoms with van der Waals surface area (Å²) in [5.74, 6) is -0.815. The number of halogens is 3. The Morgan fingerprint density at radius 3 is 2.48 bits per heavy atom. The van der Waals surface area contributed by atoms with Crippen molar-refractivity contribution in [2.45, 2.75) is 0 Å². The lowest BCUT2D eigenvalue weighted by Gasteiger charge is -2.10. The normalized spacial score (nSPS) is 10.7. The predicted octanol–water partition coefficient (Wildman–Crippen LogP) is 5.77. The zero-order valence-electron chi connectivity index (χ0n) is 14.8. The summed E-state index contributed by atoms with van der Waals surface area (Å²) in [5, 5.41) is 7.40. The van der Waals surface area contributed by atoms with Gasteiger partial charge in [-0.05, 0) is 36.4 Å². The standard InChI is InChI=1S/C21H14BrCl2N3O2/c22-15-7-3-5-13(11-15)20(28)26-18-10-2-1-8-16(18)21(29)27-25-12-14-6-4-9-17(23)19(14)24/h1-12H,(H,26,28)(H,27,29). The fourth-order valence-corrected chi connectivity index (χ4v) is 3.21. The lowest BCUT2D eigenvalue weighted by atomic mass is 10.1. The number of hydrogen-bond donors (Lipinski definition) is 2. The van der Waals surface area contributed by atoms with Gasteiger partial charge >= 0.3 is 0 Å². The number of anilines is 1. The average molecular weight is 491 g/mol. The minimum Gasteiger partial charge on any atom is -0.321 e. The summed E-state index contributed by atoms with van der Waals surface area (Å²) < 4.78 is 0.783. The summed E-state index contributed by atoms with van der Waals surface area (Å²) >= 11 is 15.4. The molecule has 29 heavy (non-hydrogen) atoms. The van der Waals surface area contributed by atoms with Gasteiger partial charge in [-0.25, -0.2) is 5.43 Å². The Morgan fingerprint density at radius 2 is 1.69 bits per heavy atom. The number of carbonyl (C=O) groups excluding carboxylic acids is 2. The van der Waals surface area contributed by atoms with Crippen molar-refractivity contribution in [1.29, 1.82) is 0 Å². The molecule has 0 bridgehead atoms. The fraction of sp³-hybridized carbons (Fsp3) is 0. The monoisotopic (exact) mass is 489 g/mol. The molecule has 3 aromatic carbocycles. The molecule has 0 aliphatic rings. The van der Waals surface area contributed by atoms with Crippen molar-refractivity contribution in [3.63, 3.8) is 0 Å². The Labute approximate surface area is 185 Å². The topological polar surface area (TPSA) is 70.6 Å². The fourth-order valence-electron chi connectivity index (χ4n) is 2.46. The van der Waals surface area contributed by atoms with Crippen molar-refractivity contribution in [3.05, 3.63) is 97.9 Å². The second-order valence-corrected chi connectivity index (χ2v) is 7.55. The molecule has 3 rings (SSSR count). The van der Waals surface area contributed by atoms with Gasteiger partial charge in [0, 0.05) is 15.6 Å². The van der Waals surface area contributed by atoms with E-state index in [1.165, 1.54) is 6.21 Å². The van der Waals surface area contributed by atoms with E-state index in [4.69, 9.17) is 23.2 Å². The molecule has 5 nitrogen and oxygen atoms in total. The Balaban J connectivity index is 1.74. The third kappa shape index (κ3) is 5.44. The average Bonchev–Trinajstić information content (AvgIpc) is 2.71. The Morgan fingerprint density at radius 1 is 0.931 bits per heavy atom. The third-order valence-corrected chi connectivity index (χ3v) is 5.18. The van der Waals surface area contributed by atoms with Gasteiger partial charge in [-0.2, -0.15) is 5.10 Å². The maximum atomic E-state index is 12.5.